The van der Waals surface area contributed by atoms with Crippen molar-refractivity contribution in [3.05, 3.63) is 70.0 Å². The van der Waals surface area contributed by atoms with Crippen molar-refractivity contribution in [3.8, 4) is 11.1 Å². The third kappa shape index (κ3) is 4.27. The molecule has 0 radical (unpaired) electrons. The van der Waals surface area contributed by atoms with Crippen LogP contribution in [0, 0.1) is 0 Å². The van der Waals surface area contributed by atoms with E-state index in [1.54, 1.807) is 0 Å². The third-order valence-corrected chi connectivity index (χ3v) is 6.24. The maximum absolute atomic E-state index is 6.45. The predicted molar refractivity (Wildman–Crippen MR) is 131 cm³/mol. The normalized spacial score (nSPS) is 12.7. The second-order valence-corrected chi connectivity index (χ2v) is 11.8. The van der Waals surface area contributed by atoms with E-state index in [9.17, 15) is 0 Å². The van der Waals surface area contributed by atoms with Crippen LogP contribution in [0.25, 0.3) is 32.9 Å². The van der Waals surface area contributed by atoms with Gasteiger partial charge < -0.3 is 0 Å². The van der Waals surface area contributed by atoms with Crippen molar-refractivity contribution in [2.45, 2.75) is 7.59 Å². The average Bonchev–Trinajstić information content (AvgIpc) is 2.66. The zero-order valence-corrected chi connectivity index (χ0v) is 20.6. The number of benzene rings is 2. The average molecular weight is 560 g/mol. The Morgan fingerprint density at radius 1 is 0.567 bits per heavy atom. The molecule has 2 aromatic carbocycles. The number of aromatic nitrogens is 2. The Morgan fingerprint density at radius 3 is 1.27 bits per heavy atom. The first-order valence-corrected chi connectivity index (χ1v) is 11.3. The molecule has 0 spiro atoms. The topological polar surface area (TPSA) is 25.8 Å². The highest BCUT2D eigenvalue weighted by atomic mass is 35.6. The lowest BCUT2D eigenvalue weighted by molar-refractivity contribution is 1.11. The van der Waals surface area contributed by atoms with Gasteiger partial charge in [0.1, 0.15) is 0 Å². The molecule has 0 N–H and O–H groups in total. The van der Waals surface area contributed by atoms with Crippen LogP contribution in [0.15, 0.2) is 48.5 Å². The number of halogens is 8. The number of alkyl halides is 6. The van der Waals surface area contributed by atoms with Crippen molar-refractivity contribution >= 4 is 115 Å². The summed E-state index contributed by atoms with van der Waals surface area (Å²) in [5.74, 6) is 0. The van der Waals surface area contributed by atoms with Crippen LogP contribution in [0.5, 0.6) is 0 Å². The summed E-state index contributed by atoms with van der Waals surface area (Å²) in [6.07, 6.45) is 0. The summed E-state index contributed by atoms with van der Waals surface area (Å²) in [5.41, 5.74) is 2.89. The first-order valence-electron chi connectivity index (χ1n) is 8.30. The van der Waals surface area contributed by atoms with Crippen molar-refractivity contribution < 1.29 is 0 Å². The van der Waals surface area contributed by atoms with Gasteiger partial charge in [0.15, 0.2) is 0 Å². The Labute approximate surface area is 211 Å². The second kappa shape index (κ2) is 8.17. The van der Waals surface area contributed by atoms with Crippen LogP contribution in [0.1, 0.15) is 11.4 Å². The largest absolute Gasteiger partial charge is 0.248 e. The van der Waals surface area contributed by atoms with Crippen molar-refractivity contribution in [2.75, 3.05) is 0 Å². The highest BCUT2D eigenvalue weighted by Gasteiger charge is 2.28. The second-order valence-electron chi connectivity index (χ2n) is 6.38. The van der Waals surface area contributed by atoms with E-state index in [4.69, 9.17) is 92.8 Å². The number of fused-ring (bicyclic) bond motifs is 2. The summed E-state index contributed by atoms with van der Waals surface area (Å²) in [6.45, 7) is 0. The van der Waals surface area contributed by atoms with Crippen molar-refractivity contribution in [2.24, 2.45) is 0 Å². The molecule has 0 unspecified atom stereocenters. The fraction of sp³-hybridized carbons (Fsp3) is 0.100. The SMILES string of the molecule is Clc1cc(C(Cl)(Cl)Cl)nc2c(-c3cccc4c(Cl)cc(C(Cl)(Cl)Cl)nc34)cccc12. The van der Waals surface area contributed by atoms with Crippen LogP contribution >= 0.6 is 92.8 Å². The van der Waals surface area contributed by atoms with E-state index in [1.807, 2.05) is 36.4 Å². The van der Waals surface area contributed by atoms with Crippen molar-refractivity contribution in [1.82, 2.24) is 9.97 Å². The third-order valence-electron chi connectivity index (χ3n) is 4.45. The van der Waals surface area contributed by atoms with Gasteiger partial charge >= 0.3 is 0 Å². The molecule has 2 aromatic heterocycles. The van der Waals surface area contributed by atoms with E-state index in [-0.39, 0.29) is 11.4 Å². The molecule has 0 fully saturated rings. The van der Waals surface area contributed by atoms with Gasteiger partial charge in [-0.15, -0.1) is 0 Å². The zero-order chi connectivity index (χ0) is 21.8. The molecule has 4 rings (SSSR count). The molecule has 0 saturated carbocycles. The van der Waals surface area contributed by atoms with Gasteiger partial charge in [0.2, 0.25) is 7.59 Å². The summed E-state index contributed by atoms with van der Waals surface area (Å²) < 4.78 is -3.48. The first-order chi connectivity index (χ1) is 14.0. The van der Waals surface area contributed by atoms with Crippen LogP contribution in [0.2, 0.25) is 10.0 Å². The Morgan fingerprint density at radius 2 is 0.933 bits per heavy atom. The zero-order valence-electron chi connectivity index (χ0n) is 14.5. The number of hydrogen-bond acceptors (Lipinski definition) is 2. The molecule has 0 aliphatic carbocycles. The van der Waals surface area contributed by atoms with E-state index < -0.39 is 7.59 Å². The highest BCUT2D eigenvalue weighted by Crippen LogP contribution is 2.43. The lowest BCUT2D eigenvalue weighted by Crippen LogP contribution is -2.05. The van der Waals surface area contributed by atoms with Gasteiger partial charge in [0.05, 0.1) is 32.5 Å². The summed E-state index contributed by atoms with van der Waals surface area (Å²) in [4.78, 5) is 9.13. The Balaban J connectivity index is 2.10. The quantitative estimate of drug-likeness (QED) is 0.217. The number of rotatable bonds is 1. The standard InChI is InChI=1S/C20H8Cl8N2/c21-13-7-15(19(23,24)25)29-17-9(3-1-5-11(13)17)10-4-2-6-12-14(22)8-16(20(26,27)28)30-18(10)12/h1-8H. The fourth-order valence-electron chi connectivity index (χ4n) is 3.14. The van der Waals surface area contributed by atoms with Gasteiger partial charge in [-0.05, 0) is 12.1 Å². The summed E-state index contributed by atoms with van der Waals surface area (Å²) in [5, 5.41) is 2.17. The number of pyridine rings is 2. The molecule has 30 heavy (non-hydrogen) atoms. The molecule has 0 bridgehead atoms. The molecular weight excluding hydrogens is 552 g/mol. The maximum atomic E-state index is 6.45. The van der Waals surface area contributed by atoms with Crippen LogP contribution < -0.4 is 0 Å². The van der Waals surface area contributed by atoms with E-state index in [1.165, 1.54) is 12.1 Å². The number of nitrogens with zero attached hydrogens (tertiary/aromatic N) is 2. The molecule has 2 heterocycles. The molecule has 10 heteroatoms. The smallest absolute Gasteiger partial charge is 0.232 e. The van der Waals surface area contributed by atoms with Crippen LogP contribution in [0.4, 0.5) is 0 Å². The molecule has 2 nitrogen and oxygen atoms in total. The summed E-state index contributed by atoms with van der Waals surface area (Å²) in [7, 11) is 0. The molecule has 0 saturated heterocycles. The Kier molecular flexibility index (Phi) is 6.20. The Bertz CT molecular complexity index is 1190. The van der Waals surface area contributed by atoms with Crippen LogP contribution in [-0.4, -0.2) is 9.97 Å². The van der Waals surface area contributed by atoms with Crippen molar-refractivity contribution in [1.29, 1.82) is 0 Å². The first kappa shape index (κ1) is 22.8. The van der Waals surface area contributed by atoms with Gasteiger partial charge in [-0.2, -0.15) is 0 Å². The molecule has 4 aromatic rings. The Hall–Kier alpha value is -0.420. The van der Waals surface area contributed by atoms with E-state index in [2.05, 4.69) is 9.97 Å². The summed E-state index contributed by atoms with van der Waals surface area (Å²) >= 11 is 49.2. The summed E-state index contributed by atoms with van der Waals surface area (Å²) in [6, 6.07) is 14.1. The van der Waals surface area contributed by atoms with Gasteiger partial charge in [0.25, 0.3) is 0 Å². The molecule has 154 valence electrons. The minimum atomic E-state index is -1.74. The number of hydrogen-bond donors (Lipinski definition) is 0. The molecule has 0 atom stereocenters. The number of para-hydroxylation sites is 2. The van der Waals surface area contributed by atoms with Gasteiger partial charge in [-0.1, -0.05) is 129 Å². The van der Waals surface area contributed by atoms with E-state index >= 15 is 0 Å². The monoisotopic (exact) mass is 556 g/mol. The molecule has 0 aliphatic heterocycles. The van der Waals surface area contributed by atoms with Gasteiger partial charge in [-0.25, -0.2) is 9.97 Å². The van der Waals surface area contributed by atoms with Gasteiger partial charge in [0, 0.05) is 21.9 Å². The molecule has 0 amide bonds. The maximum Gasteiger partial charge on any atom is 0.232 e. The molecule has 0 aliphatic rings. The lowest BCUT2D eigenvalue weighted by atomic mass is 9.98. The van der Waals surface area contributed by atoms with E-state index in [0.29, 0.717) is 43.0 Å². The fourth-order valence-corrected chi connectivity index (χ4v) is 4.23. The van der Waals surface area contributed by atoms with Gasteiger partial charge in [-0.3, -0.25) is 0 Å². The van der Waals surface area contributed by atoms with E-state index in [0.717, 1.165) is 0 Å². The van der Waals surface area contributed by atoms with Crippen molar-refractivity contribution in [3.63, 3.8) is 0 Å². The minimum absolute atomic E-state index is 0.200. The lowest BCUT2D eigenvalue weighted by Gasteiger charge is -2.16. The highest BCUT2D eigenvalue weighted by molar-refractivity contribution is 6.67. The predicted octanol–water partition coefficient (Wildman–Crippen LogP) is 9.41. The van der Waals surface area contributed by atoms with Crippen LogP contribution in [-0.2, 0) is 7.59 Å². The minimum Gasteiger partial charge on any atom is -0.248 e. The molecular formula is C20H8Cl8N2. The van der Waals surface area contributed by atoms with Crippen LogP contribution in [0.3, 0.4) is 0 Å².